The van der Waals surface area contributed by atoms with Crippen molar-refractivity contribution in [1.82, 2.24) is 19.7 Å². The largest absolute Gasteiger partial charge is 0.341 e. The van der Waals surface area contributed by atoms with E-state index < -0.39 is 0 Å². The zero-order valence-corrected chi connectivity index (χ0v) is 16.8. The van der Waals surface area contributed by atoms with Gasteiger partial charge in [0.1, 0.15) is 12.2 Å². The Balaban J connectivity index is 1.65. The topological polar surface area (TPSA) is 57.6 Å². The highest BCUT2D eigenvalue weighted by Gasteiger charge is 2.29. The van der Waals surface area contributed by atoms with Gasteiger partial charge in [0.15, 0.2) is 5.11 Å². The van der Waals surface area contributed by atoms with E-state index in [9.17, 15) is 9.59 Å². The first kappa shape index (κ1) is 18.7. The van der Waals surface area contributed by atoms with Crippen LogP contribution in [0, 0.1) is 0 Å². The predicted octanol–water partition coefficient (Wildman–Crippen LogP) is 2.73. The number of fused-ring (bicyclic) bond motifs is 1. The minimum absolute atomic E-state index is 0.117. The molecule has 4 rings (SSSR count). The predicted molar refractivity (Wildman–Crippen MR) is 113 cm³/mol. The van der Waals surface area contributed by atoms with E-state index >= 15 is 0 Å². The summed E-state index contributed by atoms with van der Waals surface area (Å²) in [5, 5.41) is 4.45. The zero-order valence-electron chi connectivity index (χ0n) is 16.0. The molecule has 0 bridgehead atoms. The maximum atomic E-state index is 12.7. The summed E-state index contributed by atoms with van der Waals surface area (Å²) in [6, 6.07) is 7.95. The number of amides is 2. The fourth-order valence-electron chi connectivity index (χ4n) is 3.92. The van der Waals surface area contributed by atoms with E-state index in [-0.39, 0.29) is 11.8 Å². The van der Waals surface area contributed by atoms with E-state index in [1.165, 1.54) is 6.42 Å². The molecular formula is C21H24N4O2S. The van der Waals surface area contributed by atoms with Gasteiger partial charge in [-0.3, -0.25) is 14.5 Å². The number of carbonyl (C=O) groups is 2. The number of nitrogens with zero attached hydrogens (tertiary/aromatic N) is 3. The lowest BCUT2D eigenvalue weighted by atomic mass is 10.1. The smallest absolute Gasteiger partial charge is 0.276 e. The Kier molecular flexibility index (Phi) is 5.17. The number of nitrogens with one attached hydrogen (secondary N) is 1. The molecule has 146 valence electrons. The third kappa shape index (κ3) is 3.42. The van der Waals surface area contributed by atoms with E-state index in [0.717, 1.165) is 42.4 Å². The number of hydrogen-bond donors (Lipinski definition) is 1. The Morgan fingerprint density at radius 1 is 1.21 bits per heavy atom. The van der Waals surface area contributed by atoms with Crippen molar-refractivity contribution in [3.8, 4) is 0 Å². The third-order valence-electron chi connectivity index (χ3n) is 5.41. The third-order valence-corrected chi connectivity index (χ3v) is 5.73. The summed E-state index contributed by atoms with van der Waals surface area (Å²) in [5.41, 5.74) is 2.36. The quantitative estimate of drug-likeness (QED) is 0.638. The summed E-state index contributed by atoms with van der Waals surface area (Å²) in [6.45, 7) is 4.43. The van der Waals surface area contributed by atoms with Gasteiger partial charge in [-0.05, 0) is 50.5 Å². The number of thiocarbonyl (C=S) groups is 1. The van der Waals surface area contributed by atoms with Crippen molar-refractivity contribution in [2.75, 3.05) is 19.6 Å². The molecule has 1 N–H and O–H groups in total. The van der Waals surface area contributed by atoms with E-state index in [1.807, 2.05) is 52.9 Å². The monoisotopic (exact) mass is 396 g/mol. The van der Waals surface area contributed by atoms with Gasteiger partial charge >= 0.3 is 0 Å². The minimum Gasteiger partial charge on any atom is -0.341 e. The molecule has 2 aliphatic heterocycles. The van der Waals surface area contributed by atoms with Crippen LogP contribution in [0.4, 0.5) is 0 Å². The number of likely N-dealkylation sites (tertiary alicyclic amines) is 1. The molecular weight excluding hydrogens is 372 g/mol. The van der Waals surface area contributed by atoms with E-state index in [0.29, 0.717) is 23.9 Å². The highest BCUT2D eigenvalue weighted by atomic mass is 32.1. The van der Waals surface area contributed by atoms with Gasteiger partial charge in [0.05, 0.1) is 0 Å². The van der Waals surface area contributed by atoms with Gasteiger partial charge in [-0.15, -0.1) is 0 Å². The van der Waals surface area contributed by atoms with Crippen LogP contribution >= 0.6 is 12.2 Å². The summed E-state index contributed by atoms with van der Waals surface area (Å²) in [6.07, 6.45) is 7.14. The van der Waals surface area contributed by atoms with Crippen LogP contribution in [0.5, 0.6) is 0 Å². The van der Waals surface area contributed by atoms with E-state index in [2.05, 4.69) is 5.32 Å². The Bertz CT molecular complexity index is 972. The van der Waals surface area contributed by atoms with Crippen LogP contribution in [-0.4, -0.2) is 50.9 Å². The molecule has 0 saturated carbocycles. The molecule has 1 aromatic heterocycles. The SMILES string of the molecule is CCN1C(=O)/C(=C/c2cn(CC(=O)N3CCCCC3)c3ccccc23)NC1=S. The summed E-state index contributed by atoms with van der Waals surface area (Å²) < 4.78 is 1.98. The second kappa shape index (κ2) is 7.75. The average Bonchev–Trinajstić information content (AvgIpc) is 3.19. The lowest BCUT2D eigenvalue weighted by Gasteiger charge is -2.27. The molecule has 2 fully saturated rings. The number of aromatic nitrogens is 1. The highest BCUT2D eigenvalue weighted by molar-refractivity contribution is 7.80. The molecule has 2 amide bonds. The van der Waals surface area contributed by atoms with Crippen molar-refractivity contribution in [3.63, 3.8) is 0 Å². The number of benzene rings is 1. The first-order valence-corrected chi connectivity index (χ1v) is 10.2. The molecule has 7 heteroatoms. The number of likely N-dealkylation sites (N-methyl/N-ethyl adjacent to an activating group) is 1. The van der Waals surface area contributed by atoms with Gasteiger partial charge < -0.3 is 14.8 Å². The molecule has 0 spiro atoms. The Morgan fingerprint density at radius 3 is 2.68 bits per heavy atom. The lowest BCUT2D eigenvalue weighted by molar-refractivity contribution is -0.132. The fraction of sp³-hybridized carbons (Fsp3) is 0.381. The van der Waals surface area contributed by atoms with Crippen LogP contribution < -0.4 is 5.32 Å². The minimum atomic E-state index is -0.117. The number of hydrogen-bond acceptors (Lipinski definition) is 3. The number of carbonyl (C=O) groups excluding carboxylic acids is 2. The van der Waals surface area contributed by atoms with Gasteiger partial charge in [0, 0.05) is 42.3 Å². The molecule has 2 aliphatic rings. The molecule has 0 radical (unpaired) electrons. The van der Waals surface area contributed by atoms with Gasteiger partial charge in [-0.25, -0.2) is 0 Å². The van der Waals surface area contributed by atoms with Crippen molar-refractivity contribution in [2.45, 2.75) is 32.7 Å². The summed E-state index contributed by atoms with van der Waals surface area (Å²) in [5.74, 6) is 0.0294. The molecule has 2 aromatic rings. The van der Waals surface area contributed by atoms with Crippen LogP contribution in [0.2, 0.25) is 0 Å². The maximum Gasteiger partial charge on any atom is 0.276 e. The van der Waals surface area contributed by atoms with Crippen LogP contribution in [0.1, 0.15) is 31.7 Å². The van der Waals surface area contributed by atoms with Crippen LogP contribution in [0.25, 0.3) is 17.0 Å². The van der Waals surface area contributed by atoms with Gasteiger partial charge in [0.2, 0.25) is 5.91 Å². The fourth-order valence-corrected chi connectivity index (χ4v) is 4.25. The normalized spacial score (nSPS) is 19.0. The summed E-state index contributed by atoms with van der Waals surface area (Å²) in [7, 11) is 0. The number of rotatable bonds is 4. The van der Waals surface area contributed by atoms with Crippen molar-refractivity contribution in [2.24, 2.45) is 0 Å². The molecule has 2 saturated heterocycles. The Morgan fingerprint density at radius 2 is 1.96 bits per heavy atom. The standard InChI is InChI=1S/C21H24N4O2S/c1-2-25-20(27)17(22-21(25)28)12-15-13-24(18-9-5-4-8-16(15)18)14-19(26)23-10-6-3-7-11-23/h4-5,8-9,12-13H,2-3,6-7,10-11,14H2,1H3,(H,22,28)/b17-12-. The molecule has 6 nitrogen and oxygen atoms in total. The number of para-hydroxylation sites is 1. The highest BCUT2D eigenvalue weighted by Crippen LogP contribution is 2.25. The molecule has 0 aliphatic carbocycles. The second-order valence-electron chi connectivity index (χ2n) is 7.21. The van der Waals surface area contributed by atoms with Crippen LogP contribution in [0.15, 0.2) is 36.2 Å². The van der Waals surface area contributed by atoms with Gasteiger partial charge in [0.25, 0.3) is 5.91 Å². The molecule has 28 heavy (non-hydrogen) atoms. The van der Waals surface area contributed by atoms with Crippen molar-refractivity contribution < 1.29 is 9.59 Å². The van der Waals surface area contributed by atoms with Gasteiger partial charge in [-0.1, -0.05) is 18.2 Å². The van der Waals surface area contributed by atoms with Crippen LogP contribution in [0.3, 0.4) is 0 Å². The Labute approximate surface area is 169 Å². The van der Waals surface area contributed by atoms with E-state index in [1.54, 1.807) is 4.90 Å². The second-order valence-corrected chi connectivity index (χ2v) is 7.60. The lowest BCUT2D eigenvalue weighted by Crippen LogP contribution is -2.37. The van der Waals surface area contributed by atoms with Crippen molar-refractivity contribution in [3.05, 3.63) is 41.7 Å². The average molecular weight is 397 g/mol. The first-order chi connectivity index (χ1) is 13.6. The van der Waals surface area contributed by atoms with Gasteiger partial charge in [-0.2, -0.15) is 0 Å². The first-order valence-electron chi connectivity index (χ1n) is 9.78. The molecule has 0 unspecified atom stereocenters. The zero-order chi connectivity index (χ0) is 19.7. The molecule has 0 atom stereocenters. The summed E-state index contributed by atoms with van der Waals surface area (Å²) >= 11 is 5.24. The molecule has 3 heterocycles. The van der Waals surface area contributed by atoms with Crippen molar-refractivity contribution in [1.29, 1.82) is 0 Å². The maximum absolute atomic E-state index is 12.7. The summed E-state index contributed by atoms with van der Waals surface area (Å²) in [4.78, 5) is 28.8. The molecule has 1 aromatic carbocycles. The van der Waals surface area contributed by atoms with Crippen LogP contribution in [-0.2, 0) is 16.1 Å². The van der Waals surface area contributed by atoms with E-state index in [4.69, 9.17) is 12.2 Å². The number of piperidine rings is 1. The van der Waals surface area contributed by atoms with Crippen molar-refractivity contribution >= 4 is 46.1 Å². The Hall–Kier alpha value is -2.67.